The highest BCUT2D eigenvalue weighted by Gasteiger charge is 2.34. The van der Waals surface area contributed by atoms with E-state index in [1.165, 1.54) is 17.0 Å². The maximum absolute atomic E-state index is 12.9. The van der Waals surface area contributed by atoms with Crippen LogP contribution in [-0.4, -0.2) is 30.4 Å². The first kappa shape index (κ1) is 14.8. The molecule has 1 N–H and O–H groups in total. The van der Waals surface area contributed by atoms with Crippen LogP contribution in [0.25, 0.3) is 0 Å². The number of nitrogens with one attached hydrogen (secondary N) is 1. The molecule has 20 heavy (non-hydrogen) atoms. The number of alkyl halides is 3. The Morgan fingerprint density at radius 3 is 2.70 bits per heavy atom. The van der Waals surface area contributed by atoms with E-state index >= 15 is 0 Å². The maximum Gasteiger partial charge on any atom is 0.416 e. The average Bonchev–Trinajstić information content (AvgIpc) is 2.40. The van der Waals surface area contributed by atoms with Crippen molar-refractivity contribution in [2.45, 2.75) is 31.6 Å². The monoisotopic (exact) mass is 286 g/mol. The quantitative estimate of drug-likeness (QED) is 0.925. The largest absolute Gasteiger partial charge is 0.416 e. The minimum atomic E-state index is -4.39. The molecule has 1 aliphatic heterocycles. The van der Waals surface area contributed by atoms with E-state index in [0.717, 1.165) is 18.9 Å². The number of carbonyl (C=O) groups excluding carboxylic acids is 1. The Kier molecular flexibility index (Phi) is 4.32. The summed E-state index contributed by atoms with van der Waals surface area (Å²) >= 11 is 0. The molecule has 0 radical (unpaired) electrons. The fourth-order valence-electron chi connectivity index (χ4n) is 2.51. The van der Waals surface area contributed by atoms with Crippen molar-refractivity contribution in [1.29, 1.82) is 0 Å². The van der Waals surface area contributed by atoms with Crippen LogP contribution in [-0.2, 0) is 17.5 Å². The second kappa shape index (κ2) is 5.83. The molecule has 110 valence electrons. The van der Waals surface area contributed by atoms with Gasteiger partial charge in [-0.15, -0.1) is 0 Å². The van der Waals surface area contributed by atoms with Gasteiger partial charge in [0.1, 0.15) is 0 Å². The molecule has 1 heterocycles. The van der Waals surface area contributed by atoms with Crippen LogP contribution in [0.4, 0.5) is 13.2 Å². The molecule has 1 unspecified atom stereocenters. The topological polar surface area (TPSA) is 32.3 Å². The van der Waals surface area contributed by atoms with Crippen LogP contribution in [0.3, 0.4) is 0 Å². The van der Waals surface area contributed by atoms with Crippen LogP contribution >= 0.6 is 0 Å². The van der Waals surface area contributed by atoms with Gasteiger partial charge < -0.3 is 10.2 Å². The Hall–Kier alpha value is -1.56. The zero-order valence-electron chi connectivity index (χ0n) is 11.2. The third-order valence-corrected chi connectivity index (χ3v) is 3.56. The van der Waals surface area contributed by atoms with Crippen LogP contribution in [0.15, 0.2) is 24.3 Å². The molecule has 1 aromatic rings. The number of halogens is 3. The molecule has 3 nitrogen and oxygen atoms in total. The lowest BCUT2D eigenvalue weighted by molar-refractivity contribution is -0.141. The molecule has 1 aliphatic rings. The van der Waals surface area contributed by atoms with Gasteiger partial charge in [-0.2, -0.15) is 13.2 Å². The lowest BCUT2D eigenvalue weighted by atomic mass is 10.0. The molecule has 0 aliphatic carbocycles. The molecule has 0 aromatic heterocycles. The summed E-state index contributed by atoms with van der Waals surface area (Å²) in [5.74, 6) is -0.129. The lowest BCUT2D eigenvalue weighted by Crippen LogP contribution is -2.49. The van der Waals surface area contributed by atoms with Crippen molar-refractivity contribution < 1.29 is 18.0 Å². The highest BCUT2D eigenvalue weighted by atomic mass is 19.4. The van der Waals surface area contributed by atoms with Crippen LogP contribution in [0.1, 0.15) is 24.0 Å². The predicted octanol–water partition coefficient (Wildman–Crippen LogP) is 2.42. The summed E-state index contributed by atoms with van der Waals surface area (Å²) in [6.45, 7) is 0.510. The zero-order chi connectivity index (χ0) is 14.8. The van der Waals surface area contributed by atoms with Gasteiger partial charge in [0.25, 0.3) is 0 Å². The molecule has 0 spiro atoms. The number of hydrogen-bond donors (Lipinski definition) is 1. The zero-order valence-corrected chi connectivity index (χ0v) is 11.2. The van der Waals surface area contributed by atoms with Crippen molar-refractivity contribution >= 4 is 5.91 Å². The Bertz CT molecular complexity index is 488. The number of nitrogens with zero attached hydrogens (tertiary/aromatic N) is 1. The van der Waals surface area contributed by atoms with Crippen LogP contribution < -0.4 is 5.32 Å². The normalized spacial score (nSPS) is 20.3. The Labute approximate surface area is 115 Å². The number of carbonyl (C=O) groups is 1. The highest BCUT2D eigenvalue weighted by molar-refractivity contribution is 5.82. The SMILES string of the molecule is CNC1CCCN(Cc2ccccc2C(F)(F)F)C1=O. The smallest absolute Gasteiger partial charge is 0.337 e. The molecule has 1 fully saturated rings. The van der Waals surface area contributed by atoms with Crippen LogP contribution in [0, 0.1) is 0 Å². The van der Waals surface area contributed by atoms with Crippen molar-refractivity contribution in [1.82, 2.24) is 10.2 Å². The van der Waals surface area contributed by atoms with Gasteiger partial charge in [0, 0.05) is 13.1 Å². The predicted molar refractivity (Wildman–Crippen MR) is 68.9 cm³/mol. The first-order valence-corrected chi connectivity index (χ1v) is 6.54. The standard InChI is InChI=1S/C14H17F3N2O/c1-18-12-7-4-8-19(13(12)20)9-10-5-2-3-6-11(10)14(15,16)17/h2-3,5-6,12,18H,4,7-9H2,1H3. The van der Waals surface area contributed by atoms with Crippen molar-refractivity contribution in [3.63, 3.8) is 0 Å². The second-order valence-electron chi connectivity index (χ2n) is 4.90. The molecule has 1 saturated heterocycles. The van der Waals surface area contributed by atoms with Crippen LogP contribution in [0.5, 0.6) is 0 Å². The van der Waals surface area contributed by atoms with Gasteiger partial charge in [0.05, 0.1) is 11.6 Å². The fraction of sp³-hybridized carbons (Fsp3) is 0.500. The summed E-state index contributed by atoms with van der Waals surface area (Å²) in [5.41, 5.74) is -0.524. The molecule has 1 amide bonds. The van der Waals surface area contributed by atoms with E-state index in [1.54, 1.807) is 13.1 Å². The van der Waals surface area contributed by atoms with Crippen molar-refractivity contribution in [2.24, 2.45) is 0 Å². The third-order valence-electron chi connectivity index (χ3n) is 3.56. The van der Waals surface area contributed by atoms with Gasteiger partial charge in [-0.05, 0) is 31.5 Å². The number of benzene rings is 1. The van der Waals surface area contributed by atoms with Crippen molar-refractivity contribution in [2.75, 3.05) is 13.6 Å². The fourth-order valence-corrected chi connectivity index (χ4v) is 2.51. The van der Waals surface area contributed by atoms with E-state index in [4.69, 9.17) is 0 Å². The number of rotatable bonds is 3. The first-order valence-electron chi connectivity index (χ1n) is 6.54. The number of hydrogen-bond acceptors (Lipinski definition) is 2. The van der Waals surface area contributed by atoms with Gasteiger partial charge in [-0.25, -0.2) is 0 Å². The Morgan fingerprint density at radius 1 is 1.35 bits per heavy atom. The second-order valence-corrected chi connectivity index (χ2v) is 4.90. The van der Waals surface area contributed by atoms with Gasteiger partial charge in [-0.1, -0.05) is 18.2 Å². The van der Waals surface area contributed by atoms with E-state index in [1.807, 2.05) is 0 Å². The van der Waals surface area contributed by atoms with E-state index in [-0.39, 0.29) is 24.1 Å². The molecular weight excluding hydrogens is 269 g/mol. The highest BCUT2D eigenvalue weighted by Crippen LogP contribution is 2.32. The van der Waals surface area contributed by atoms with Gasteiger partial charge in [0.2, 0.25) is 5.91 Å². The summed E-state index contributed by atoms with van der Waals surface area (Å²) in [7, 11) is 1.69. The summed E-state index contributed by atoms with van der Waals surface area (Å²) < 4.78 is 38.8. The lowest BCUT2D eigenvalue weighted by Gasteiger charge is -2.32. The molecule has 1 aromatic carbocycles. The molecule has 0 saturated carbocycles. The molecular formula is C14H17F3N2O. The Morgan fingerprint density at radius 2 is 2.05 bits per heavy atom. The minimum Gasteiger partial charge on any atom is -0.337 e. The number of likely N-dealkylation sites (tertiary alicyclic amines) is 1. The van der Waals surface area contributed by atoms with E-state index in [9.17, 15) is 18.0 Å². The minimum absolute atomic E-state index is 0.00664. The molecule has 2 rings (SSSR count). The summed E-state index contributed by atoms with van der Waals surface area (Å²) in [6, 6.07) is 5.12. The van der Waals surface area contributed by atoms with Crippen molar-refractivity contribution in [3.05, 3.63) is 35.4 Å². The first-order chi connectivity index (χ1) is 9.43. The number of amides is 1. The van der Waals surface area contributed by atoms with Crippen LogP contribution in [0.2, 0.25) is 0 Å². The Balaban J connectivity index is 2.20. The van der Waals surface area contributed by atoms with E-state index < -0.39 is 11.7 Å². The average molecular weight is 286 g/mol. The van der Waals surface area contributed by atoms with Gasteiger partial charge >= 0.3 is 6.18 Å². The number of likely N-dealkylation sites (N-methyl/N-ethyl adjacent to an activating group) is 1. The summed E-state index contributed by atoms with van der Waals surface area (Å²) in [4.78, 5) is 13.6. The summed E-state index contributed by atoms with van der Waals surface area (Å²) in [6.07, 6.45) is -2.87. The molecule has 1 atom stereocenters. The van der Waals surface area contributed by atoms with E-state index in [0.29, 0.717) is 6.54 Å². The van der Waals surface area contributed by atoms with Crippen molar-refractivity contribution in [3.8, 4) is 0 Å². The molecule has 6 heteroatoms. The maximum atomic E-state index is 12.9. The third kappa shape index (κ3) is 3.12. The van der Waals surface area contributed by atoms with Gasteiger partial charge in [0.15, 0.2) is 0 Å². The summed E-state index contributed by atoms with van der Waals surface area (Å²) in [5, 5.41) is 2.90. The van der Waals surface area contributed by atoms with E-state index in [2.05, 4.69) is 5.32 Å². The molecule has 0 bridgehead atoms. The number of piperidine rings is 1. The van der Waals surface area contributed by atoms with Gasteiger partial charge in [-0.3, -0.25) is 4.79 Å².